The van der Waals surface area contributed by atoms with Crippen molar-refractivity contribution in [3.8, 4) is 0 Å². The molecule has 0 fully saturated rings. The number of aliphatic carboxylic acids is 1. The molecular weight excluding hydrogens is 426 g/mol. The van der Waals surface area contributed by atoms with E-state index in [0.717, 1.165) is 27.7 Å². The molecular formula is C17H20F2N4O4S2. The molecule has 1 amide bonds. The van der Waals surface area contributed by atoms with Gasteiger partial charge >= 0.3 is 5.97 Å². The first-order valence-corrected chi connectivity index (χ1v) is 10.8. The molecule has 0 unspecified atom stereocenters. The number of nitrogens with zero attached hydrogens (tertiary/aromatic N) is 3. The van der Waals surface area contributed by atoms with E-state index in [2.05, 4.69) is 15.4 Å². The quantitative estimate of drug-likeness (QED) is 0.473. The van der Waals surface area contributed by atoms with Crippen LogP contribution in [0.3, 0.4) is 0 Å². The summed E-state index contributed by atoms with van der Waals surface area (Å²) in [5.41, 5.74) is -1.91. The zero-order valence-corrected chi connectivity index (χ0v) is 17.2. The summed E-state index contributed by atoms with van der Waals surface area (Å²) in [5.74, 6) is -3.33. The number of carboxylic acids is 1. The SMILES string of the molecule is CC(=O)N[C@@H](CSS[C@H](C)[C@](O)(Cn1cncn1)c1ccc(F)cc1F)C(=O)O. The third-order valence-corrected chi connectivity index (χ3v) is 7.03. The summed E-state index contributed by atoms with van der Waals surface area (Å²) in [6, 6.07) is 1.79. The van der Waals surface area contributed by atoms with E-state index in [4.69, 9.17) is 5.11 Å². The minimum atomic E-state index is -1.80. The summed E-state index contributed by atoms with van der Waals surface area (Å²) >= 11 is 0. The molecule has 2 rings (SSSR count). The van der Waals surface area contributed by atoms with Crippen molar-refractivity contribution >= 4 is 33.5 Å². The lowest BCUT2D eigenvalue weighted by atomic mass is 9.90. The predicted molar refractivity (Wildman–Crippen MR) is 105 cm³/mol. The minimum absolute atomic E-state index is 0.0230. The van der Waals surface area contributed by atoms with Crippen LogP contribution in [0.15, 0.2) is 30.9 Å². The molecule has 158 valence electrons. The van der Waals surface area contributed by atoms with E-state index in [1.54, 1.807) is 6.92 Å². The van der Waals surface area contributed by atoms with Gasteiger partial charge in [0.25, 0.3) is 0 Å². The molecule has 2 aromatic rings. The van der Waals surface area contributed by atoms with E-state index in [0.29, 0.717) is 6.07 Å². The molecule has 8 nitrogen and oxygen atoms in total. The summed E-state index contributed by atoms with van der Waals surface area (Å²) in [5, 5.41) is 26.1. The third kappa shape index (κ3) is 6.15. The molecule has 3 atom stereocenters. The Morgan fingerprint density at radius 1 is 1.38 bits per heavy atom. The van der Waals surface area contributed by atoms with Crippen LogP contribution in [-0.2, 0) is 21.7 Å². The number of carboxylic acid groups (broad SMARTS) is 1. The van der Waals surface area contributed by atoms with Crippen LogP contribution in [0.2, 0.25) is 0 Å². The maximum atomic E-state index is 14.4. The van der Waals surface area contributed by atoms with E-state index in [9.17, 15) is 23.5 Å². The van der Waals surface area contributed by atoms with E-state index >= 15 is 0 Å². The lowest BCUT2D eigenvalue weighted by Crippen LogP contribution is -2.42. The molecule has 3 N–H and O–H groups in total. The molecule has 1 aromatic carbocycles. The first-order chi connectivity index (χ1) is 13.6. The van der Waals surface area contributed by atoms with Gasteiger partial charge in [-0.15, -0.1) is 0 Å². The fourth-order valence-corrected chi connectivity index (χ4v) is 5.28. The minimum Gasteiger partial charge on any atom is -0.480 e. The molecule has 1 heterocycles. The second-order valence-electron chi connectivity index (χ2n) is 6.26. The fraction of sp³-hybridized carbons (Fsp3) is 0.412. The van der Waals surface area contributed by atoms with E-state index in [1.807, 2.05) is 0 Å². The second kappa shape index (κ2) is 10.0. The average molecular weight is 447 g/mol. The summed E-state index contributed by atoms with van der Waals surface area (Å²) in [7, 11) is 2.22. The van der Waals surface area contributed by atoms with Gasteiger partial charge in [-0.05, 0) is 13.0 Å². The van der Waals surface area contributed by atoms with Gasteiger partial charge < -0.3 is 15.5 Å². The van der Waals surface area contributed by atoms with Gasteiger partial charge in [0, 0.05) is 29.6 Å². The Labute approximate surface area is 173 Å². The number of aromatic nitrogens is 3. The maximum Gasteiger partial charge on any atom is 0.327 e. The molecule has 0 bridgehead atoms. The van der Waals surface area contributed by atoms with Crippen LogP contribution in [0, 0.1) is 11.6 Å². The highest BCUT2D eigenvalue weighted by atomic mass is 33.1. The molecule has 0 aliphatic carbocycles. The number of carbonyl (C=O) groups is 2. The van der Waals surface area contributed by atoms with E-state index in [-0.39, 0.29) is 17.9 Å². The number of carbonyl (C=O) groups excluding carboxylic acids is 1. The zero-order valence-electron chi connectivity index (χ0n) is 15.6. The number of rotatable bonds is 10. The van der Waals surface area contributed by atoms with Gasteiger partial charge in [0.2, 0.25) is 5.91 Å². The van der Waals surface area contributed by atoms with Gasteiger partial charge in [0.1, 0.15) is 35.9 Å². The van der Waals surface area contributed by atoms with Crippen LogP contribution in [-0.4, -0.2) is 53.9 Å². The number of nitrogens with one attached hydrogen (secondary N) is 1. The van der Waals surface area contributed by atoms with Crippen molar-refractivity contribution in [2.75, 3.05) is 5.75 Å². The summed E-state index contributed by atoms with van der Waals surface area (Å²) < 4.78 is 29.1. The zero-order chi connectivity index (χ0) is 21.6. The second-order valence-corrected chi connectivity index (χ2v) is 9.01. The third-order valence-electron chi connectivity index (χ3n) is 4.06. The van der Waals surface area contributed by atoms with Crippen LogP contribution in [0.1, 0.15) is 19.4 Å². The van der Waals surface area contributed by atoms with E-state index in [1.165, 1.54) is 30.3 Å². The highest BCUT2D eigenvalue weighted by molar-refractivity contribution is 8.77. The molecule has 1 aromatic heterocycles. The predicted octanol–water partition coefficient (Wildman–Crippen LogP) is 1.80. The van der Waals surface area contributed by atoms with Crippen LogP contribution in [0.25, 0.3) is 0 Å². The van der Waals surface area contributed by atoms with Gasteiger partial charge in [0.05, 0.1) is 6.54 Å². The smallest absolute Gasteiger partial charge is 0.327 e. The summed E-state index contributed by atoms with van der Waals surface area (Å²) in [4.78, 5) is 26.1. The van der Waals surface area contributed by atoms with Gasteiger partial charge in [-0.25, -0.2) is 23.2 Å². The number of amides is 1. The van der Waals surface area contributed by atoms with Crippen molar-refractivity contribution in [3.63, 3.8) is 0 Å². The van der Waals surface area contributed by atoms with Gasteiger partial charge in [-0.3, -0.25) is 4.79 Å². The summed E-state index contributed by atoms with van der Waals surface area (Å²) in [6.45, 7) is 2.69. The van der Waals surface area contributed by atoms with Crippen molar-refractivity contribution in [2.45, 2.75) is 37.3 Å². The van der Waals surface area contributed by atoms with Crippen molar-refractivity contribution in [1.82, 2.24) is 20.1 Å². The topological polar surface area (TPSA) is 117 Å². The standard InChI is InChI=1S/C17H20F2N4O4S2/c1-10(29-28-6-15(16(25)26)22-11(2)24)17(27,7-23-9-20-8-21-23)13-4-3-12(18)5-14(13)19/h3-5,8-10,15,27H,6-7H2,1-2H3,(H,22,24)(H,25,26)/t10-,15+,17-/m1/s1. The lowest BCUT2D eigenvalue weighted by molar-refractivity contribution is -0.140. The van der Waals surface area contributed by atoms with E-state index < -0.39 is 40.4 Å². The molecule has 0 saturated carbocycles. The first-order valence-electron chi connectivity index (χ1n) is 8.42. The number of hydrogen-bond donors (Lipinski definition) is 3. The lowest BCUT2D eigenvalue weighted by Gasteiger charge is -2.34. The maximum absolute atomic E-state index is 14.4. The highest BCUT2D eigenvalue weighted by Gasteiger charge is 2.40. The summed E-state index contributed by atoms with van der Waals surface area (Å²) in [6.07, 6.45) is 2.62. The molecule has 0 aliphatic rings. The number of halogens is 2. The van der Waals surface area contributed by atoms with Gasteiger partial charge in [-0.1, -0.05) is 27.7 Å². The molecule has 0 radical (unpaired) electrons. The van der Waals surface area contributed by atoms with Crippen LogP contribution in [0.4, 0.5) is 8.78 Å². The van der Waals surface area contributed by atoms with Crippen molar-refractivity contribution < 1.29 is 28.6 Å². The van der Waals surface area contributed by atoms with Crippen LogP contribution < -0.4 is 5.32 Å². The monoisotopic (exact) mass is 446 g/mol. The van der Waals surface area contributed by atoms with Gasteiger partial charge in [0.15, 0.2) is 0 Å². The molecule has 0 spiro atoms. The molecule has 12 heteroatoms. The van der Waals surface area contributed by atoms with Crippen LogP contribution >= 0.6 is 21.6 Å². The molecule has 0 saturated heterocycles. The van der Waals surface area contributed by atoms with Crippen molar-refractivity contribution in [3.05, 3.63) is 48.1 Å². The number of benzene rings is 1. The molecule has 0 aliphatic heterocycles. The van der Waals surface area contributed by atoms with Gasteiger partial charge in [-0.2, -0.15) is 5.10 Å². The Kier molecular flexibility index (Phi) is 7.99. The Morgan fingerprint density at radius 3 is 2.66 bits per heavy atom. The Hall–Kier alpha value is -2.18. The fourth-order valence-electron chi connectivity index (χ4n) is 2.54. The highest BCUT2D eigenvalue weighted by Crippen LogP contribution is 2.41. The Bertz CT molecular complexity index is 856. The Morgan fingerprint density at radius 2 is 2.10 bits per heavy atom. The van der Waals surface area contributed by atoms with Crippen LogP contribution in [0.5, 0.6) is 0 Å². The first kappa shape index (κ1) is 23.1. The molecule has 29 heavy (non-hydrogen) atoms. The average Bonchev–Trinajstić information content (AvgIpc) is 3.12. The largest absolute Gasteiger partial charge is 0.480 e. The van der Waals surface area contributed by atoms with Crippen molar-refractivity contribution in [1.29, 1.82) is 0 Å². The Balaban J connectivity index is 2.19. The van der Waals surface area contributed by atoms with Crippen molar-refractivity contribution in [2.24, 2.45) is 0 Å². The number of hydrogen-bond acceptors (Lipinski definition) is 7. The normalized spacial score (nSPS) is 15.3. The number of aliphatic hydroxyl groups is 1.